The summed E-state index contributed by atoms with van der Waals surface area (Å²) in [7, 11) is 0. The predicted octanol–water partition coefficient (Wildman–Crippen LogP) is -0.852. The molecule has 2 N–H and O–H groups in total. The van der Waals surface area contributed by atoms with E-state index in [9.17, 15) is 9.59 Å². The molecule has 0 saturated heterocycles. The first-order chi connectivity index (χ1) is 10.4. The van der Waals surface area contributed by atoms with Crippen LogP contribution in [0.25, 0.3) is 0 Å². The van der Waals surface area contributed by atoms with E-state index in [1.165, 1.54) is 25.7 Å². The maximum atomic E-state index is 11.3. The zero-order valence-electron chi connectivity index (χ0n) is 13.5. The van der Waals surface area contributed by atoms with Gasteiger partial charge in [-0.3, -0.25) is 0 Å². The Kier molecular flexibility index (Phi) is 10.2. The fourth-order valence-electron chi connectivity index (χ4n) is 1.71. The fourth-order valence-corrected chi connectivity index (χ4v) is 2.12. The molecule has 22 heavy (non-hydrogen) atoms. The summed E-state index contributed by atoms with van der Waals surface area (Å²) >= 11 is 2.53. The van der Waals surface area contributed by atoms with Crippen LogP contribution in [0.5, 0.6) is 0 Å². The number of esters is 1. The molecule has 1 aromatic rings. The Labute approximate surface area is 139 Å². The molecule has 0 amide bonds. The summed E-state index contributed by atoms with van der Waals surface area (Å²) in [5.74, 6) is -0.727. The van der Waals surface area contributed by atoms with Gasteiger partial charge in [-0.1, -0.05) is 0 Å². The standard InChI is InChI=1S/C9H8N2O3Se.C6H15N/c1-2-14-9(13)6-3-5(4-10)8(15)11-7(6)12;1-4-7(5-2)6-3/h3H,2H2,1H3,(H2,11,12,15);4-6H2,1-3H3. The van der Waals surface area contributed by atoms with E-state index in [2.05, 4.69) is 46.5 Å². The van der Waals surface area contributed by atoms with Crippen molar-refractivity contribution < 1.29 is 14.4 Å². The first-order valence-corrected chi connectivity index (χ1v) is 8.15. The number of pyridine rings is 1. The van der Waals surface area contributed by atoms with Crippen LogP contribution in [0, 0.1) is 11.3 Å². The van der Waals surface area contributed by atoms with E-state index >= 15 is 0 Å². The van der Waals surface area contributed by atoms with Crippen molar-refractivity contribution >= 4 is 26.6 Å². The smallest absolute Gasteiger partial charge is 0.0742 e. The number of aromatic nitrogens is 1. The van der Waals surface area contributed by atoms with E-state index in [4.69, 9.17) is 5.26 Å². The molecular weight excluding hydrogens is 349 g/mol. The van der Waals surface area contributed by atoms with Crippen LogP contribution in [0.4, 0.5) is 0 Å². The average molecular weight is 372 g/mol. The SMILES string of the molecule is CCOC(=O)c1cc(C#N)c([Se-])[nH]c1=O.CC[NH+](CC)CC. The molecule has 0 saturated carbocycles. The molecule has 0 radical (unpaired) electrons. The molecule has 0 aliphatic carbocycles. The zero-order valence-corrected chi connectivity index (χ0v) is 15.2. The van der Waals surface area contributed by atoms with Gasteiger partial charge in [0.1, 0.15) is 0 Å². The molecule has 0 bridgehead atoms. The monoisotopic (exact) mass is 373 g/mol. The molecule has 0 aromatic carbocycles. The summed E-state index contributed by atoms with van der Waals surface area (Å²) in [6.07, 6.45) is 0. The molecule has 0 unspecified atom stereocenters. The Bertz CT molecular complexity index is 569. The quantitative estimate of drug-likeness (QED) is 0.521. The van der Waals surface area contributed by atoms with Gasteiger partial charge in [0.15, 0.2) is 0 Å². The van der Waals surface area contributed by atoms with Gasteiger partial charge in [0.2, 0.25) is 0 Å². The molecule has 0 spiro atoms. The minimum absolute atomic E-state index is 0.160. The summed E-state index contributed by atoms with van der Waals surface area (Å²) in [6.45, 7) is 12.3. The summed E-state index contributed by atoms with van der Waals surface area (Å²) < 4.78 is 4.98. The van der Waals surface area contributed by atoms with Crippen molar-refractivity contribution in [1.82, 2.24) is 4.98 Å². The molecular formula is C15H23N3O3Se. The molecule has 1 aromatic heterocycles. The summed E-state index contributed by atoms with van der Waals surface area (Å²) in [5, 5.41) is 8.70. The van der Waals surface area contributed by atoms with Crippen LogP contribution < -0.4 is 15.1 Å². The number of quaternary nitrogens is 1. The van der Waals surface area contributed by atoms with Crippen molar-refractivity contribution in [1.29, 1.82) is 5.26 Å². The van der Waals surface area contributed by atoms with Gasteiger partial charge in [0, 0.05) is 0 Å². The van der Waals surface area contributed by atoms with Gasteiger partial charge in [-0.2, -0.15) is 0 Å². The first kappa shape index (κ1) is 20.4. The number of carbonyl (C=O) groups excluding carboxylic acids is 1. The molecule has 1 rings (SSSR count). The third kappa shape index (κ3) is 6.44. The zero-order chi connectivity index (χ0) is 17.1. The van der Waals surface area contributed by atoms with E-state index in [1.807, 2.05) is 6.07 Å². The summed E-state index contributed by atoms with van der Waals surface area (Å²) in [5.41, 5.74) is -0.522. The van der Waals surface area contributed by atoms with E-state index < -0.39 is 11.5 Å². The number of aromatic amines is 1. The van der Waals surface area contributed by atoms with Crippen LogP contribution in [0.2, 0.25) is 0 Å². The van der Waals surface area contributed by atoms with Crippen molar-refractivity contribution in [2.45, 2.75) is 27.7 Å². The summed E-state index contributed by atoms with van der Waals surface area (Å²) in [6, 6.07) is 3.06. The Morgan fingerprint density at radius 3 is 2.23 bits per heavy atom. The normalized spacial score (nSPS) is 9.64. The number of rotatable bonds is 5. The Balaban J connectivity index is 0.000000534. The van der Waals surface area contributed by atoms with E-state index in [0.717, 1.165) is 0 Å². The molecule has 7 heteroatoms. The number of nitriles is 1. The van der Waals surface area contributed by atoms with Gasteiger partial charge in [0.05, 0.1) is 19.6 Å². The maximum Gasteiger partial charge on any atom is 0.0742 e. The molecule has 6 nitrogen and oxygen atoms in total. The molecule has 1 heterocycles. The van der Waals surface area contributed by atoms with Crippen molar-refractivity contribution in [3.05, 3.63) is 27.5 Å². The molecule has 0 aliphatic rings. The van der Waals surface area contributed by atoms with Crippen LogP contribution in [0.15, 0.2) is 10.9 Å². The number of hydrogen-bond donors (Lipinski definition) is 2. The Morgan fingerprint density at radius 1 is 1.32 bits per heavy atom. The minimum Gasteiger partial charge on any atom is -0.336 e. The van der Waals surface area contributed by atoms with Crippen LogP contribution in [-0.4, -0.2) is 53.2 Å². The number of nitrogens with one attached hydrogen (secondary N) is 2. The third-order valence-electron chi connectivity index (χ3n) is 3.12. The van der Waals surface area contributed by atoms with Crippen LogP contribution >= 0.6 is 0 Å². The van der Waals surface area contributed by atoms with E-state index in [1.54, 1.807) is 11.8 Å². The van der Waals surface area contributed by atoms with Crippen LogP contribution in [-0.2, 0) is 4.74 Å². The molecule has 0 aliphatic heterocycles. The van der Waals surface area contributed by atoms with Crippen LogP contribution in [0.3, 0.4) is 0 Å². The number of H-pyrrole nitrogens is 1. The fraction of sp³-hybridized carbons (Fsp3) is 0.533. The van der Waals surface area contributed by atoms with Gasteiger partial charge in [-0.15, -0.1) is 0 Å². The average Bonchev–Trinajstić information content (AvgIpc) is 2.50. The molecule has 122 valence electrons. The number of hydrogen-bond acceptors (Lipinski definition) is 4. The van der Waals surface area contributed by atoms with E-state index in [0.29, 0.717) is 4.59 Å². The largest absolute Gasteiger partial charge is 0.336 e. The second-order valence-corrected chi connectivity index (χ2v) is 5.25. The number of nitrogens with zero attached hydrogens (tertiary/aromatic N) is 1. The first-order valence-electron chi connectivity index (χ1n) is 7.30. The second kappa shape index (κ2) is 11.0. The van der Waals surface area contributed by atoms with E-state index in [-0.39, 0.29) is 17.7 Å². The van der Waals surface area contributed by atoms with Gasteiger partial charge in [-0.25, -0.2) is 0 Å². The Morgan fingerprint density at radius 2 is 1.86 bits per heavy atom. The maximum absolute atomic E-state index is 11.3. The Hall–Kier alpha value is -1.61. The topological polar surface area (TPSA) is 87.4 Å². The van der Waals surface area contributed by atoms with Crippen LogP contribution in [0.1, 0.15) is 43.6 Å². The molecule has 0 fully saturated rings. The van der Waals surface area contributed by atoms with Gasteiger partial charge >= 0.3 is 93.5 Å². The third-order valence-corrected chi connectivity index (χ3v) is 3.80. The minimum atomic E-state index is -0.727. The van der Waals surface area contributed by atoms with Gasteiger partial charge in [0.25, 0.3) is 0 Å². The van der Waals surface area contributed by atoms with Gasteiger partial charge in [-0.05, 0) is 20.8 Å². The predicted molar refractivity (Wildman–Crippen MR) is 85.7 cm³/mol. The summed E-state index contributed by atoms with van der Waals surface area (Å²) in [4.78, 5) is 26.7. The van der Waals surface area contributed by atoms with Crippen molar-refractivity contribution in [3.63, 3.8) is 0 Å². The van der Waals surface area contributed by atoms with Crippen molar-refractivity contribution in [2.24, 2.45) is 0 Å². The van der Waals surface area contributed by atoms with Crippen molar-refractivity contribution in [3.8, 4) is 6.07 Å². The number of carbonyl (C=O) groups is 1. The van der Waals surface area contributed by atoms with Crippen molar-refractivity contribution in [2.75, 3.05) is 26.2 Å². The second-order valence-electron chi connectivity index (χ2n) is 4.40. The number of ether oxygens (including phenoxy) is 1. The van der Waals surface area contributed by atoms with Gasteiger partial charge < -0.3 is 4.90 Å². The molecule has 0 atom stereocenters.